The van der Waals surface area contributed by atoms with Gasteiger partial charge >= 0.3 is 5.97 Å². The Morgan fingerprint density at radius 3 is 1.77 bits per heavy atom. The van der Waals surface area contributed by atoms with Gasteiger partial charge < -0.3 is 29.0 Å². The van der Waals surface area contributed by atoms with Gasteiger partial charge in [0.1, 0.15) is 11.9 Å². The van der Waals surface area contributed by atoms with E-state index in [0.29, 0.717) is 35.1 Å². The minimum absolute atomic E-state index is 0.0638. The molecule has 9 nitrogen and oxygen atoms in total. The maximum absolute atomic E-state index is 12.1. The molecule has 2 rings (SSSR count). The van der Waals surface area contributed by atoms with Crippen LogP contribution in [0.2, 0.25) is 0 Å². The van der Waals surface area contributed by atoms with Crippen molar-refractivity contribution in [3.8, 4) is 23.0 Å². The molecule has 0 aliphatic carbocycles. The second-order valence-corrected chi connectivity index (χ2v) is 6.65. The van der Waals surface area contributed by atoms with Crippen molar-refractivity contribution >= 4 is 24.1 Å². The molecule has 0 saturated carbocycles. The first-order valence-electron chi connectivity index (χ1n) is 10.5. The monoisotopic (exact) mass is 485 g/mol. The molecular weight excluding hydrogens is 454 g/mol. The zero-order valence-corrected chi connectivity index (χ0v) is 20.7. The maximum atomic E-state index is 12.1. The van der Waals surface area contributed by atoms with E-state index in [0.717, 1.165) is 11.8 Å². The van der Waals surface area contributed by atoms with Crippen LogP contribution in [-0.4, -0.2) is 60.1 Å². The van der Waals surface area contributed by atoms with Gasteiger partial charge in [-0.25, -0.2) is 4.79 Å². The standard InChI is InChI=1S/C17H21NO5.C9H10O3/c1-5-18-11-13(17(20)23-4)14(19)8-6-12-7-9-15(21-2)16(10-12)22-3;1-11-8-4-3-7(6-10)5-9(8)12-2/h6-11,18H,5H2,1-4H3;3-6H,1-2H3. The third-order valence-electron chi connectivity index (χ3n) is 4.50. The van der Waals surface area contributed by atoms with Crippen LogP contribution < -0.4 is 24.3 Å². The molecule has 35 heavy (non-hydrogen) atoms. The highest BCUT2D eigenvalue weighted by Gasteiger charge is 2.16. The largest absolute Gasteiger partial charge is 0.493 e. The molecular formula is C26H31NO8. The van der Waals surface area contributed by atoms with E-state index in [2.05, 4.69) is 10.1 Å². The molecule has 0 aliphatic rings. The number of rotatable bonds is 11. The van der Waals surface area contributed by atoms with E-state index in [1.54, 1.807) is 56.7 Å². The molecule has 0 aliphatic heterocycles. The molecule has 188 valence electrons. The third kappa shape index (κ3) is 8.88. The van der Waals surface area contributed by atoms with Crippen molar-refractivity contribution in [1.82, 2.24) is 5.32 Å². The number of benzene rings is 2. The summed E-state index contributed by atoms with van der Waals surface area (Å²) in [6.07, 6.45) is 5.02. The Hall–Kier alpha value is -4.27. The van der Waals surface area contributed by atoms with Gasteiger partial charge in [-0.15, -0.1) is 0 Å². The molecule has 0 unspecified atom stereocenters. The van der Waals surface area contributed by atoms with E-state index in [1.807, 2.05) is 6.92 Å². The van der Waals surface area contributed by atoms with E-state index in [4.69, 9.17) is 18.9 Å². The van der Waals surface area contributed by atoms with Gasteiger partial charge in [0.15, 0.2) is 28.8 Å². The SMILES string of the molecule is CCNC=C(C(=O)C=Cc1ccc(OC)c(OC)c1)C(=O)OC.COc1ccc(C=O)cc1OC. The second kappa shape index (κ2) is 15.5. The molecule has 0 saturated heterocycles. The van der Waals surface area contributed by atoms with Crippen LogP contribution in [0.3, 0.4) is 0 Å². The number of hydrogen-bond donors (Lipinski definition) is 1. The molecule has 0 radical (unpaired) electrons. The highest BCUT2D eigenvalue weighted by Crippen LogP contribution is 2.28. The van der Waals surface area contributed by atoms with Gasteiger partial charge in [0.2, 0.25) is 0 Å². The summed E-state index contributed by atoms with van der Waals surface area (Å²) in [4.78, 5) is 34.2. The van der Waals surface area contributed by atoms with Crippen LogP contribution in [0.4, 0.5) is 0 Å². The van der Waals surface area contributed by atoms with Crippen molar-refractivity contribution in [2.24, 2.45) is 0 Å². The molecule has 1 N–H and O–H groups in total. The molecule has 2 aromatic rings. The van der Waals surface area contributed by atoms with Crippen LogP contribution in [0.15, 0.2) is 54.2 Å². The zero-order valence-electron chi connectivity index (χ0n) is 20.7. The molecule has 0 spiro atoms. The first-order chi connectivity index (χ1) is 16.9. The Balaban J connectivity index is 0.000000427. The van der Waals surface area contributed by atoms with Crippen molar-refractivity contribution in [3.05, 3.63) is 65.4 Å². The number of hydrogen-bond acceptors (Lipinski definition) is 9. The van der Waals surface area contributed by atoms with Crippen LogP contribution in [0, 0.1) is 0 Å². The molecule has 0 aromatic heterocycles. The van der Waals surface area contributed by atoms with Gasteiger partial charge in [-0.05, 0) is 48.9 Å². The fourth-order valence-corrected chi connectivity index (χ4v) is 2.69. The van der Waals surface area contributed by atoms with Crippen LogP contribution in [0.25, 0.3) is 6.08 Å². The Morgan fingerprint density at radius 2 is 1.31 bits per heavy atom. The van der Waals surface area contributed by atoms with Crippen LogP contribution in [0.1, 0.15) is 22.8 Å². The predicted octanol–water partition coefficient (Wildman–Crippen LogP) is 3.47. The van der Waals surface area contributed by atoms with Crippen molar-refractivity contribution in [2.75, 3.05) is 42.1 Å². The van der Waals surface area contributed by atoms with Gasteiger partial charge in [-0.1, -0.05) is 12.1 Å². The summed E-state index contributed by atoms with van der Waals surface area (Å²) in [5.41, 5.74) is 1.25. The topological polar surface area (TPSA) is 109 Å². The van der Waals surface area contributed by atoms with E-state index >= 15 is 0 Å². The number of nitrogens with one attached hydrogen (secondary N) is 1. The highest BCUT2D eigenvalue weighted by atomic mass is 16.5. The molecule has 2 aromatic carbocycles. The maximum Gasteiger partial charge on any atom is 0.343 e. The Morgan fingerprint density at radius 1 is 0.800 bits per heavy atom. The minimum Gasteiger partial charge on any atom is -0.493 e. The highest BCUT2D eigenvalue weighted by molar-refractivity contribution is 6.22. The summed E-state index contributed by atoms with van der Waals surface area (Å²) in [5.74, 6) is 1.21. The smallest absolute Gasteiger partial charge is 0.343 e. The number of methoxy groups -OCH3 is 5. The molecule has 0 bridgehead atoms. The van der Waals surface area contributed by atoms with Crippen molar-refractivity contribution in [2.45, 2.75) is 6.92 Å². The first-order valence-corrected chi connectivity index (χ1v) is 10.5. The lowest BCUT2D eigenvalue weighted by molar-refractivity contribution is -0.137. The lowest BCUT2D eigenvalue weighted by Crippen LogP contribution is -2.17. The number of carbonyl (C=O) groups excluding carboxylic acids is 3. The molecule has 0 fully saturated rings. The Kier molecular flexibility index (Phi) is 12.8. The van der Waals surface area contributed by atoms with Crippen LogP contribution >= 0.6 is 0 Å². The lowest BCUT2D eigenvalue weighted by Gasteiger charge is -2.07. The summed E-state index contributed by atoms with van der Waals surface area (Å²) in [6, 6.07) is 10.2. The fraction of sp³-hybridized carbons (Fsp3) is 0.269. The Labute approximate surface area is 205 Å². The van der Waals surface area contributed by atoms with Crippen LogP contribution in [0.5, 0.6) is 23.0 Å². The summed E-state index contributed by atoms with van der Waals surface area (Å²) >= 11 is 0. The fourth-order valence-electron chi connectivity index (χ4n) is 2.69. The number of aldehydes is 1. The lowest BCUT2D eigenvalue weighted by atomic mass is 10.1. The second-order valence-electron chi connectivity index (χ2n) is 6.65. The van der Waals surface area contributed by atoms with Gasteiger partial charge in [-0.3, -0.25) is 9.59 Å². The zero-order chi connectivity index (χ0) is 26.2. The molecule has 0 heterocycles. The van der Waals surface area contributed by atoms with E-state index < -0.39 is 11.8 Å². The number of ketones is 1. The van der Waals surface area contributed by atoms with Crippen molar-refractivity contribution < 1.29 is 38.1 Å². The quantitative estimate of drug-likeness (QED) is 0.168. The predicted molar refractivity (Wildman–Crippen MR) is 132 cm³/mol. The van der Waals surface area contributed by atoms with Crippen molar-refractivity contribution in [3.63, 3.8) is 0 Å². The van der Waals surface area contributed by atoms with Crippen LogP contribution in [-0.2, 0) is 14.3 Å². The van der Waals surface area contributed by atoms with Gasteiger partial charge in [-0.2, -0.15) is 0 Å². The Bertz CT molecular complexity index is 1060. The normalized spacial score (nSPS) is 10.5. The average molecular weight is 486 g/mol. The number of allylic oxidation sites excluding steroid dienone is 1. The van der Waals surface area contributed by atoms with Gasteiger partial charge in [0, 0.05) is 18.3 Å². The number of ether oxygens (including phenoxy) is 5. The molecule has 0 amide bonds. The summed E-state index contributed by atoms with van der Waals surface area (Å²) < 4.78 is 25.0. The third-order valence-corrected chi connectivity index (χ3v) is 4.50. The molecule has 0 atom stereocenters. The average Bonchev–Trinajstić information content (AvgIpc) is 2.91. The summed E-state index contributed by atoms with van der Waals surface area (Å²) in [5, 5.41) is 2.82. The van der Waals surface area contributed by atoms with E-state index in [1.165, 1.54) is 33.6 Å². The van der Waals surface area contributed by atoms with Gasteiger partial charge in [0.05, 0.1) is 35.5 Å². The first kappa shape index (κ1) is 28.8. The number of esters is 1. The summed E-state index contributed by atoms with van der Waals surface area (Å²) in [7, 11) is 7.40. The molecule has 9 heteroatoms. The summed E-state index contributed by atoms with van der Waals surface area (Å²) in [6.45, 7) is 2.45. The van der Waals surface area contributed by atoms with E-state index in [-0.39, 0.29) is 5.57 Å². The van der Waals surface area contributed by atoms with Gasteiger partial charge in [0.25, 0.3) is 0 Å². The van der Waals surface area contributed by atoms with E-state index in [9.17, 15) is 14.4 Å². The minimum atomic E-state index is -0.687. The number of carbonyl (C=O) groups is 3. The van der Waals surface area contributed by atoms with Crippen molar-refractivity contribution in [1.29, 1.82) is 0 Å².